The molecule has 1 amide bonds. The molecule has 28 heavy (non-hydrogen) atoms. The molecule has 0 unspecified atom stereocenters. The zero-order chi connectivity index (χ0) is 19.3. The first-order valence-corrected chi connectivity index (χ1v) is 9.17. The summed E-state index contributed by atoms with van der Waals surface area (Å²) in [7, 11) is 0. The predicted molar refractivity (Wildman–Crippen MR) is 107 cm³/mol. The van der Waals surface area contributed by atoms with Gasteiger partial charge in [0.2, 0.25) is 0 Å². The van der Waals surface area contributed by atoms with Crippen LogP contribution in [0.2, 0.25) is 0 Å². The van der Waals surface area contributed by atoms with Gasteiger partial charge in [0.25, 0.3) is 0 Å². The molecule has 3 rings (SSSR count). The van der Waals surface area contributed by atoms with Crippen molar-refractivity contribution in [1.82, 2.24) is 4.90 Å². The highest BCUT2D eigenvalue weighted by Crippen LogP contribution is 2.29. The van der Waals surface area contributed by atoms with Gasteiger partial charge in [0, 0.05) is 31.4 Å². The maximum atomic E-state index is 13.1. The van der Waals surface area contributed by atoms with Crippen LogP contribution in [0.15, 0.2) is 60.7 Å². The van der Waals surface area contributed by atoms with E-state index in [0.717, 1.165) is 17.9 Å². The number of hydrogen-bond donors (Lipinski definition) is 0. The molecule has 0 saturated carbocycles. The maximum Gasteiger partial charge on any atom is 0.471 e. The first-order chi connectivity index (χ1) is 12.9. The van der Waals surface area contributed by atoms with Gasteiger partial charge in [-0.3, -0.25) is 4.79 Å². The third-order valence-corrected chi connectivity index (χ3v) is 4.98. The van der Waals surface area contributed by atoms with Gasteiger partial charge in [-0.2, -0.15) is 13.2 Å². The average Bonchev–Trinajstić information content (AvgIpc) is 2.68. The number of rotatable bonds is 5. The number of likely N-dealkylation sites (tertiary alicyclic amines) is 1. The lowest BCUT2D eigenvalue weighted by Crippen LogP contribution is -2.51. The lowest BCUT2D eigenvalue weighted by atomic mass is 10.0. The van der Waals surface area contributed by atoms with Crippen LogP contribution in [0.3, 0.4) is 0 Å². The van der Waals surface area contributed by atoms with E-state index in [2.05, 4.69) is 17.0 Å². The monoisotopic (exact) mass is 412 g/mol. The third-order valence-electron chi connectivity index (χ3n) is 4.98. The normalized spacial score (nSPS) is 15.7. The van der Waals surface area contributed by atoms with Gasteiger partial charge in [-0.05, 0) is 37.0 Å². The molecule has 1 heterocycles. The number of hydrogen-bond acceptors (Lipinski definition) is 2. The highest BCUT2D eigenvalue weighted by atomic mass is 35.5. The summed E-state index contributed by atoms with van der Waals surface area (Å²) in [5.41, 5.74) is 1.56. The summed E-state index contributed by atoms with van der Waals surface area (Å²) in [6.07, 6.45) is -2.90. The van der Waals surface area contributed by atoms with Crippen molar-refractivity contribution in [3.05, 3.63) is 66.2 Å². The molecule has 0 N–H and O–H groups in total. The Morgan fingerprint density at radius 2 is 1.50 bits per heavy atom. The molecule has 1 aliphatic heterocycles. The van der Waals surface area contributed by atoms with Crippen molar-refractivity contribution in [2.45, 2.75) is 31.5 Å². The minimum Gasteiger partial charge on any atom is -0.303 e. The standard InChI is InChI=1S/C21H23F3N2O.ClH/c22-21(23,24)20(27)26(18-9-5-2-6-10-18)19-12-15-25(16-13-19)14-11-17-7-3-1-4-8-17;/h1-10,19H,11-16H2;1H. The molecule has 0 bridgehead atoms. The third kappa shape index (κ3) is 5.72. The molecule has 7 heteroatoms. The molecule has 2 aromatic carbocycles. The minimum atomic E-state index is -4.87. The summed E-state index contributed by atoms with van der Waals surface area (Å²) >= 11 is 0. The van der Waals surface area contributed by atoms with Crippen LogP contribution in [0, 0.1) is 0 Å². The van der Waals surface area contributed by atoms with E-state index < -0.39 is 18.1 Å². The van der Waals surface area contributed by atoms with Crippen LogP contribution in [-0.4, -0.2) is 42.7 Å². The van der Waals surface area contributed by atoms with Crippen LogP contribution < -0.4 is 4.90 Å². The van der Waals surface area contributed by atoms with Gasteiger partial charge in [0.15, 0.2) is 0 Å². The lowest BCUT2D eigenvalue weighted by molar-refractivity contribution is -0.171. The van der Waals surface area contributed by atoms with Gasteiger partial charge in [-0.1, -0.05) is 48.5 Å². The van der Waals surface area contributed by atoms with E-state index in [-0.39, 0.29) is 12.4 Å². The van der Waals surface area contributed by atoms with Crippen LogP contribution in [0.1, 0.15) is 18.4 Å². The summed E-state index contributed by atoms with van der Waals surface area (Å²) in [4.78, 5) is 15.2. The number of amides is 1. The number of halogens is 4. The van der Waals surface area contributed by atoms with E-state index >= 15 is 0 Å². The molecule has 1 fully saturated rings. The van der Waals surface area contributed by atoms with Gasteiger partial charge in [-0.15, -0.1) is 12.4 Å². The second kappa shape index (κ2) is 9.94. The van der Waals surface area contributed by atoms with Gasteiger partial charge in [0.1, 0.15) is 0 Å². The predicted octanol–water partition coefficient (Wildman–Crippen LogP) is 4.71. The highest BCUT2D eigenvalue weighted by Gasteiger charge is 2.45. The molecule has 1 saturated heterocycles. The number of alkyl halides is 3. The van der Waals surface area contributed by atoms with Gasteiger partial charge in [0.05, 0.1) is 0 Å². The van der Waals surface area contributed by atoms with Crippen LogP contribution in [0.5, 0.6) is 0 Å². The van der Waals surface area contributed by atoms with Crippen LogP contribution in [-0.2, 0) is 11.2 Å². The topological polar surface area (TPSA) is 23.6 Å². The summed E-state index contributed by atoms with van der Waals surface area (Å²) < 4.78 is 39.4. The lowest BCUT2D eigenvalue weighted by Gasteiger charge is -2.38. The van der Waals surface area contributed by atoms with Gasteiger partial charge < -0.3 is 9.80 Å². The maximum absolute atomic E-state index is 13.1. The molecule has 2 aromatic rings. The van der Waals surface area contributed by atoms with Crippen molar-refractivity contribution in [3.63, 3.8) is 0 Å². The van der Waals surface area contributed by atoms with Crippen LogP contribution >= 0.6 is 12.4 Å². The van der Waals surface area contributed by atoms with E-state index in [4.69, 9.17) is 0 Å². The number of carbonyl (C=O) groups is 1. The summed E-state index contributed by atoms with van der Waals surface area (Å²) in [6, 6.07) is 17.9. The van der Waals surface area contributed by atoms with Crippen LogP contribution in [0.4, 0.5) is 18.9 Å². The first-order valence-electron chi connectivity index (χ1n) is 9.17. The Morgan fingerprint density at radius 3 is 2.04 bits per heavy atom. The molecule has 0 atom stereocenters. The fourth-order valence-electron chi connectivity index (χ4n) is 3.55. The quantitative estimate of drug-likeness (QED) is 0.710. The molecular weight excluding hydrogens is 389 g/mol. The molecule has 152 valence electrons. The smallest absolute Gasteiger partial charge is 0.303 e. The van der Waals surface area contributed by atoms with Crippen molar-refractivity contribution in [2.24, 2.45) is 0 Å². The Bertz CT molecular complexity index is 732. The number of para-hydroxylation sites is 1. The molecular formula is C21H24ClF3N2O. The van der Waals surface area contributed by atoms with Crippen molar-refractivity contribution in [3.8, 4) is 0 Å². The molecule has 3 nitrogen and oxygen atoms in total. The van der Waals surface area contributed by atoms with E-state index in [1.165, 1.54) is 5.56 Å². The van der Waals surface area contributed by atoms with Crippen LogP contribution in [0.25, 0.3) is 0 Å². The largest absolute Gasteiger partial charge is 0.471 e. The van der Waals surface area contributed by atoms with Crippen molar-refractivity contribution in [1.29, 1.82) is 0 Å². The number of piperidine rings is 1. The second-order valence-corrected chi connectivity index (χ2v) is 6.82. The first kappa shape index (κ1) is 22.2. The fraction of sp³-hybridized carbons (Fsp3) is 0.381. The average molecular weight is 413 g/mol. The molecule has 0 radical (unpaired) electrons. The number of anilines is 1. The Labute approximate surface area is 169 Å². The Balaban J connectivity index is 0.00000280. The Kier molecular flexibility index (Phi) is 7.89. The van der Waals surface area contributed by atoms with E-state index in [1.54, 1.807) is 30.3 Å². The summed E-state index contributed by atoms with van der Waals surface area (Å²) in [5.74, 6) is -1.78. The van der Waals surface area contributed by atoms with Crippen molar-refractivity contribution < 1.29 is 18.0 Å². The van der Waals surface area contributed by atoms with E-state index in [0.29, 0.717) is 31.6 Å². The SMILES string of the molecule is Cl.O=C(N(c1ccccc1)C1CCN(CCc2ccccc2)CC1)C(F)(F)F. The van der Waals surface area contributed by atoms with Gasteiger partial charge >= 0.3 is 12.1 Å². The van der Waals surface area contributed by atoms with E-state index in [9.17, 15) is 18.0 Å². The molecule has 0 aliphatic carbocycles. The second-order valence-electron chi connectivity index (χ2n) is 6.82. The zero-order valence-electron chi connectivity index (χ0n) is 15.4. The minimum absolute atomic E-state index is 0. The Hall–Kier alpha value is -2.05. The number of carbonyl (C=O) groups excluding carboxylic acids is 1. The number of nitrogens with zero attached hydrogens (tertiary/aromatic N) is 2. The molecule has 0 aromatic heterocycles. The summed E-state index contributed by atoms with van der Waals surface area (Å²) in [5, 5.41) is 0. The van der Waals surface area contributed by atoms with E-state index in [1.807, 2.05) is 18.2 Å². The fourth-order valence-corrected chi connectivity index (χ4v) is 3.55. The summed E-state index contributed by atoms with van der Waals surface area (Å²) in [6.45, 7) is 2.24. The highest BCUT2D eigenvalue weighted by molar-refractivity contribution is 5.97. The zero-order valence-corrected chi connectivity index (χ0v) is 16.3. The Morgan fingerprint density at radius 1 is 0.964 bits per heavy atom. The molecule has 1 aliphatic rings. The van der Waals surface area contributed by atoms with Crippen molar-refractivity contribution >= 4 is 24.0 Å². The van der Waals surface area contributed by atoms with Crippen molar-refractivity contribution in [2.75, 3.05) is 24.5 Å². The van der Waals surface area contributed by atoms with Gasteiger partial charge in [-0.25, -0.2) is 0 Å². The number of benzene rings is 2. The molecule has 0 spiro atoms.